The summed E-state index contributed by atoms with van der Waals surface area (Å²) in [5.74, 6) is -4.87. The minimum atomic E-state index is -4.64. The molecule has 0 spiro atoms. The molecule has 0 radical (unpaired) electrons. The van der Waals surface area contributed by atoms with Crippen LogP contribution in [0.1, 0.15) is 13.3 Å². The van der Waals surface area contributed by atoms with Gasteiger partial charge in [-0.15, -0.1) is 0 Å². The van der Waals surface area contributed by atoms with Crippen LogP contribution in [0.25, 0.3) is 0 Å². The molecule has 0 aliphatic heterocycles. The van der Waals surface area contributed by atoms with Gasteiger partial charge < -0.3 is 24.9 Å². The number of Topliss-reactive ketones (excluding diaryl/α,β-unsaturated/α-hetero) is 2. The van der Waals surface area contributed by atoms with E-state index in [4.69, 9.17) is 29.5 Å². The van der Waals surface area contributed by atoms with Crippen LogP contribution in [0.4, 0.5) is 8.78 Å². The van der Waals surface area contributed by atoms with Gasteiger partial charge in [-0.25, -0.2) is 18.1 Å². The summed E-state index contributed by atoms with van der Waals surface area (Å²) in [4.78, 5) is 60.4. The molecule has 0 saturated carbocycles. The maximum absolute atomic E-state index is 11.7. The number of rotatable bonds is 5. The molecular formula is C8H14F2LiO10P. The molecule has 10 nitrogen and oxygen atoms in total. The van der Waals surface area contributed by atoms with Crippen LogP contribution in [-0.4, -0.2) is 80.1 Å². The molecule has 126 valence electrons. The van der Waals surface area contributed by atoms with E-state index in [1.807, 2.05) is 0 Å². The quantitative estimate of drug-likeness (QED) is 0.221. The topological polar surface area (TPSA) is 186 Å². The first-order valence-electron chi connectivity index (χ1n) is 4.67. The Morgan fingerprint density at radius 1 is 1.09 bits per heavy atom. The Labute approximate surface area is 134 Å². The molecule has 22 heavy (non-hydrogen) atoms. The Bertz CT molecular complexity index is 403. The number of aliphatic carboxylic acids is 2. The van der Waals surface area contributed by atoms with Crippen molar-refractivity contribution in [2.75, 3.05) is 6.67 Å². The van der Waals surface area contributed by atoms with Gasteiger partial charge in [0.05, 0.1) is 0 Å². The monoisotopic (exact) mass is 346 g/mol. The first-order chi connectivity index (χ1) is 9.22. The predicted octanol–water partition coefficient (Wildman–Crippen LogP) is -1.58. The van der Waals surface area contributed by atoms with Crippen molar-refractivity contribution in [2.45, 2.75) is 19.5 Å². The molecule has 1 unspecified atom stereocenters. The van der Waals surface area contributed by atoms with Crippen LogP contribution >= 0.6 is 7.82 Å². The van der Waals surface area contributed by atoms with Crippen molar-refractivity contribution in [3.63, 3.8) is 0 Å². The molecule has 0 bridgehead atoms. The molecule has 0 aromatic rings. The van der Waals surface area contributed by atoms with Gasteiger partial charge in [0.2, 0.25) is 5.78 Å². The molecule has 0 aromatic carbocycles. The number of phosphoric acid groups is 1. The first-order valence-corrected chi connectivity index (χ1v) is 6.23. The standard InChI is InChI=1S/C4H4F2O3.C4H6O3.Li.H3O4P.H/c5-1-2(7)3(6)4(8)9;1-3(5)2-4(6)7;;1-5(2,3)4;/h3H,1H2,(H,8,9);2H2,1H3,(H,6,7);;(H3,1,2,3,4);. The minimum absolute atomic E-state index is 0. The van der Waals surface area contributed by atoms with Gasteiger partial charge in [-0.3, -0.25) is 14.4 Å². The van der Waals surface area contributed by atoms with Crippen LogP contribution < -0.4 is 0 Å². The molecule has 0 heterocycles. The van der Waals surface area contributed by atoms with E-state index in [2.05, 4.69) is 0 Å². The van der Waals surface area contributed by atoms with E-state index in [9.17, 15) is 28.0 Å². The van der Waals surface area contributed by atoms with Crippen LogP contribution in [0.2, 0.25) is 0 Å². The molecule has 0 aliphatic rings. The van der Waals surface area contributed by atoms with E-state index < -0.39 is 38.4 Å². The van der Waals surface area contributed by atoms with Gasteiger partial charge in [0.25, 0.3) is 6.17 Å². The fourth-order valence-electron chi connectivity index (χ4n) is 0.418. The molecule has 0 aliphatic carbocycles. The third-order valence-corrected chi connectivity index (χ3v) is 1.03. The van der Waals surface area contributed by atoms with E-state index in [0.717, 1.165) is 0 Å². The van der Waals surface area contributed by atoms with Crippen molar-refractivity contribution in [1.29, 1.82) is 0 Å². The van der Waals surface area contributed by atoms with Gasteiger partial charge in [0, 0.05) is 0 Å². The molecule has 0 rings (SSSR count). The Balaban J connectivity index is -0.000000113. The van der Waals surface area contributed by atoms with Crippen LogP contribution in [0, 0.1) is 0 Å². The van der Waals surface area contributed by atoms with Crippen molar-refractivity contribution in [1.82, 2.24) is 0 Å². The second kappa shape index (κ2) is 14.8. The van der Waals surface area contributed by atoms with Gasteiger partial charge in [0.1, 0.15) is 12.2 Å². The number of hydrogen-bond acceptors (Lipinski definition) is 5. The van der Waals surface area contributed by atoms with Crippen LogP contribution in [0.5, 0.6) is 0 Å². The Morgan fingerprint density at radius 2 is 1.41 bits per heavy atom. The zero-order valence-corrected chi connectivity index (χ0v) is 11.4. The summed E-state index contributed by atoms with van der Waals surface area (Å²) in [5, 5.41) is 15.6. The summed E-state index contributed by atoms with van der Waals surface area (Å²) in [6.45, 7) is -0.332. The predicted molar refractivity (Wildman–Crippen MR) is 67.9 cm³/mol. The average molecular weight is 346 g/mol. The summed E-state index contributed by atoms with van der Waals surface area (Å²) >= 11 is 0. The second-order valence-corrected chi connectivity index (χ2v) is 4.11. The van der Waals surface area contributed by atoms with Crippen LogP contribution in [0.15, 0.2) is 0 Å². The second-order valence-electron chi connectivity index (χ2n) is 3.09. The Kier molecular flexibility index (Phi) is 19.4. The molecule has 14 heteroatoms. The summed E-state index contributed by atoms with van der Waals surface area (Å²) in [5.41, 5.74) is 0. The summed E-state index contributed by atoms with van der Waals surface area (Å²) in [6, 6.07) is 0. The fraction of sp³-hybridized carbons (Fsp3) is 0.500. The number of halogens is 2. The van der Waals surface area contributed by atoms with Crippen molar-refractivity contribution in [3.8, 4) is 0 Å². The van der Waals surface area contributed by atoms with Crippen molar-refractivity contribution in [2.24, 2.45) is 0 Å². The number of carboxylic acids is 2. The van der Waals surface area contributed by atoms with Gasteiger partial charge in [-0.1, -0.05) is 0 Å². The molecule has 0 fully saturated rings. The summed E-state index contributed by atoms with van der Waals surface area (Å²) in [6.07, 6.45) is -3.07. The fourth-order valence-corrected chi connectivity index (χ4v) is 0.418. The van der Waals surface area contributed by atoms with Crippen LogP contribution in [-0.2, 0) is 23.7 Å². The molecule has 0 amide bonds. The van der Waals surface area contributed by atoms with Crippen molar-refractivity contribution >= 4 is 50.2 Å². The van der Waals surface area contributed by atoms with E-state index >= 15 is 0 Å². The van der Waals surface area contributed by atoms with Gasteiger partial charge >= 0.3 is 38.6 Å². The third kappa shape index (κ3) is 36.4. The number of carbonyl (C=O) groups excluding carboxylic acids is 2. The van der Waals surface area contributed by atoms with Crippen LogP contribution in [0.3, 0.4) is 0 Å². The average Bonchev–Trinajstić information content (AvgIpc) is 2.23. The summed E-state index contributed by atoms with van der Waals surface area (Å²) in [7, 11) is -4.64. The van der Waals surface area contributed by atoms with E-state index in [1.165, 1.54) is 6.92 Å². The van der Waals surface area contributed by atoms with E-state index in [1.54, 1.807) is 0 Å². The Hall–Kier alpha value is -1.15. The van der Waals surface area contributed by atoms with Gasteiger partial charge in [0.15, 0.2) is 6.67 Å². The molecular weight excluding hydrogens is 332 g/mol. The van der Waals surface area contributed by atoms with Crippen molar-refractivity contribution in [3.05, 3.63) is 0 Å². The molecule has 5 N–H and O–H groups in total. The molecule has 0 saturated heterocycles. The first kappa shape index (κ1) is 28.9. The molecule has 1 atom stereocenters. The maximum atomic E-state index is 11.7. The van der Waals surface area contributed by atoms with Gasteiger partial charge in [-0.05, 0) is 6.92 Å². The SMILES string of the molecule is CC(=O)CC(=O)O.O=C(O)C(F)C(=O)CF.O=P(O)(O)O.[LiH]. The number of alkyl halides is 2. The normalized spacial score (nSPS) is 10.5. The Morgan fingerprint density at radius 3 is 1.45 bits per heavy atom. The van der Waals surface area contributed by atoms with E-state index in [-0.39, 0.29) is 31.1 Å². The number of carbonyl (C=O) groups is 4. The zero-order chi connectivity index (χ0) is 17.8. The summed E-state index contributed by atoms with van der Waals surface area (Å²) < 4.78 is 31.8. The van der Waals surface area contributed by atoms with E-state index in [0.29, 0.717) is 0 Å². The number of ketones is 2. The third-order valence-electron chi connectivity index (χ3n) is 1.03. The van der Waals surface area contributed by atoms with Gasteiger partial charge in [-0.2, -0.15) is 0 Å². The zero-order valence-electron chi connectivity index (χ0n) is 10.5. The van der Waals surface area contributed by atoms with Crippen molar-refractivity contribution < 1.29 is 57.4 Å². The number of carboxylic acid groups (broad SMARTS) is 2. The molecule has 0 aromatic heterocycles. The number of hydrogen-bond donors (Lipinski definition) is 5.